The van der Waals surface area contributed by atoms with Gasteiger partial charge in [0, 0.05) is 6.04 Å². The third-order valence-corrected chi connectivity index (χ3v) is 2.62. The second-order valence-electron chi connectivity index (χ2n) is 4.06. The van der Waals surface area contributed by atoms with E-state index >= 15 is 0 Å². The van der Waals surface area contributed by atoms with Crippen molar-refractivity contribution >= 4 is 11.7 Å². The van der Waals surface area contributed by atoms with Crippen molar-refractivity contribution in [1.82, 2.24) is 5.32 Å². The quantitative estimate of drug-likeness (QED) is 0.561. The Morgan fingerprint density at radius 2 is 1.87 bits per heavy atom. The molecule has 0 aliphatic heterocycles. The Labute approximate surface area is 88.6 Å². The van der Waals surface area contributed by atoms with Crippen LogP contribution in [-0.2, 0) is 9.59 Å². The molecule has 1 rings (SSSR count). The van der Waals surface area contributed by atoms with Crippen molar-refractivity contribution in [1.29, 1.82) is 0 Å². The van der Waals surface area contributed by atoms with E-state index in [1.807, 2.05) is 0 Å². The summed E-state index contributed by atoms with van der Waals surface area (Å²) in [5.41, 5.74) is 0. The van der Waals surface area contributed by atoms with Gasteiger partial charge in [0.05, 0.1) is 12.5 Å². The van der Waals surface area contributed by atoms with Gasteiger partial charge in [-0.15, -0.1) is 0 Å². The highest BCUT2D eigenvalue weighted by molar-refractivity contribution is 5.96. The van der Waals surface area contributed by atoms with E-state index in [0.717, 1.165) is 25.7 Å². The fourth-order valence-corrected chi connectivity index (χ4v) is 1.83. The lowest BCUT2D eigenvalue weighted by Crippen LogP contribution is -2.38. The molecule has 0 atom stereocenters. The average Bonchev–Trinajstić information content (AvgIpc) is 2.17. The minimum atomic E-state index is -0.218. The van der Waals surface area contributed by atoms with E-state index < -0.39 is 0 Å². The molecule has 0 aromatic heterocycles. The number of hydrogen-bond donors (Lipinski definition) is 1. The molecule has 15 heavy (non-hydrogen) atoms. The number of amides is 1. The highest BCUT2D eigenvalue weighted by atomic mass is 16.3. The first kappa shape index (κ1) is 11.8. The first-order valence-electron chi connectivity index (χ1n) is 5.23. The lowest BCUT2D eigenvalue weighted by molar-refractivity contribution is -0.127. The summed E-state index contributed by atoms with van der Waals surface area (Å²) >= 11 is 0. The van der Waals surface area contributed by atoms with Crippen molar-refractivity contribution in [3.8, 4) is 0 Å². The maximum absolute atomic E-state index is 11.3. The van der Waals surface area contributed by atoms with Crippen molar-refractivity contribution in [3.63, 3.8) is 0 Å². The number of hydrogen-bond acceptors (Lipinski definition) is 4. The molecule has 0 aromatic carbocycles. The van der Waals surface area contributed by atoms with Crippen molar-refractivity contribution in [2.45, 2.75) is 51.1 Å². The minimum Gasteiger partial charge on any atom is -0.353 e. The highest BCUT2D eigenvalue weighted by Gasteiger charge is 2.22. The Morgan fingerprint density at radius 3 is 2.33 bits per heavy atom. The Morgan fingerprint density at radius 1 is 1.27 bits per heavy atom. The molecule has 0 radical (unpaired) electrons. The fraction of sp³-hybridized carbons (Fsp3) is 0.800. The summed E-state index contributed by atoms with van der Waals surface area (Å²) in [4.78, 5) is 32.2. The molecule has 1 N–H and O–H groups in total. The molecule has 0 aromatic rings. The van der Waals surface area contributed by atoms with Gasteiger partial charge in [-0.3, -0.25) is 9.59 Å². The van der Waals surface area contributed by atoms with Crippen LogP contribution in [0, 0.1) is 4.91 Å². The van der Waals surface area contributed by atoms with Gasteiger partial charge in [0.1, 0.15) is 5.78 Å². The smallest absolute Gasteiger partial charge is 0.227 e. The summed E-state index contributed by atoms with van der Waals surface area (Å²) in [7, 11) is 0. The van der Waals surface area contributed by atoms with E-state index in [9.17, 15) is 14.5 Å². The number of nitrogens with zero attached hydrogens (tertiary/aromatic N) is 1. The summed E-state index contributed by atoms with van der Waals surface area (Å²) in [6, 6.07) is 0.0146. The topological polar surface area (TPSA) is 75.6 Å². The normalized spacial score (nSPS) is 25.7. The predicted molar refractivity (Wildman–Crippen MR) is 55.3 cm³/mol. The number of nitrogens with one attached hydrogen (secondary N) is 1. The molecule has 0 saturated heterocycles. The van der Waals surface area contributed by atoms with Gasteiger partial charge < -0.3 is 5.32 Å². The molecule has 1 aliphatic rings. The van der Waals surface area contributed by atoms with Gasteiger partial charge in [-0.25, -0.2) is 0 Å². The van der Waals surface area contributed by atoms with Gasteiger partial charge in [-0.1, -0.05) is 5.18 Å². The second-order valence-corrected chi connectivity index (χ2v) is 4.06. The van der Waals surface area contributed by atoms with E-state index in [4.69, 9.17) is 0 Å². The van der Waals surface area contributed by atoms with Crippen molar-refractivity contribution in [2.75, 3.05) is 0 Å². The molecular formula is C10H16N2O3. The van der Waals surface area contributed by atoms with E-state index in [-0.39, 0.29) is 30.2 Å². The molecule has 0 bridgehead atoms. The molecule has 1 saturated carbocycles. The second kappa shape index (κ2) is 5.58. The fourth-order valence-electron chi connectivity index (χ4n) is 1.83. The standard InChI is InChI=1S/C10H16N2O3/c1-7(13)6-10(14)11-8-2-4-9(12-15)5-3-8/h8-9H,2-6H2,1H3,(H,11,14)/t8-,9-. The minimum absolute atomic E-state index is 0.0497. The maximum Gasteiger partial charge on any atom is 0.227 e. The van der Waals surface area contributed by atoms with Gasteiger partial charge >= 0.3 is 0 Å². The van der Waals surface area contributed by atoms with Crippen LogP contribution in [0.15, 0.2) is 5.18 Å². The van der Waals surface area contributed by atoms with Gasteiger partial charge in [0.2, 0.25) is 5.91 Å². The van der Waals surface area contributed by atoms with Crippen LogP contribution in [0.5, 0.6) is 0 Å². The first-order valence-corrected chi connectivity index (χ1v) is 5.23. The van der Waals surface area contributed by atoms with Crippen LogP contribution in [0.25, 0.3) is 0 Å². The molecule has 84 valence electrons. The largest absolute Gasteiger partial charge is 0.353 e. The summed E-state index contributed by atoms with van der Waals surface area (Å²) in [6.45, 7) is 1.40. The molecule has 0 spiro atoms. The number of Topliss-reactive ketones (excluding diaryl/α,β-unsaturated/α-hetero) is 1. The number of carbonyl (C=O) groups is 2. The van der Waals surface area contributed by atoms with Crippen molar-refractivity contribution < 1.29 is 9.59 Å². The summed E-state index contributed by atoms with van der Waals surface area (Å²) < 4.78 is 0. The number of carbonyl (C=O) groups excluding carboxylic acids is 2. The molecule has 0 heterocycles. The Hall–Kier alpha value is -1.26. The highest BCUT2D eigenvalue weighted by Crippen LogP contribution is 2.20. The molecule has 1 amide bonds. The Kier molecular flexibility index (Phi) is 4.39. The lowest BCUT2D eigenvalue weighted by Gasteiger charge is -2.25. The third kappa shape index (κ3) is 4.18. The zero-order valence-electron chi connectivity index (χ0n) is 8.86. The molecule has 0 unspecified atom stereocenters. The van der Waals surface area contributed by atoms with Crippen LogP contribution in [0.4, 0.5) is 0 Å². The van der Waals surface area contributed by atoms with Crippen LogP contribution in [0.1, 0.15) is 39.0 Å². The van der Waals surface area contributed by atoms with Gasteiger partial charge in [-0.05, 0) is 32.6 Å². The summed E-state index contributed by atoms with van der Waals surface area (Å²) in [6.07, 6.45) is 2.97. The van der Waals surface area contributed by atoms with Crippen LogP contribution < -0.4 is 5.32 Å². The summed E-state index contributed by atoms with van der Waals surface area (Å²) in [5, 5.41) is 5.78. The van der Waals surface area contributed by atoms with Gasteiger partial charge in [0.15, 0.2) is 0 Å². The predicted octanol–water partition coefficient (Wildman–Crippen LogP) is 1.16. The molecule has 5 nitrogen and oxygen atoms in total. The van der Waals surface area contributed by atoms with E-state index in [1.54, 1.807) is 0 Å². The molecular weight excluding hydrogens is 196 g/mol. The number of ketones is 1. The van der Waals surface area contributed by atoms with E-state index in [2.05, 4.69) is 10.5 Å². The monoisotopic (exact) mass is 212 g/mol. The van der Waals surface area contributed by atoms with E-state index in [0.29, 0.717) is 0 Å². The summed E-state index contributed by atoms with van der Waals surface area (Å²) in [5.74, 6) is -0.347. The van der Waals surface area contributed by atoms with Gasteiger partial charge in [-0.2, -0.15) is 4.91 Å². The molecule has 5 heteroatoms. The number of rotatable bonds is 4. The van der Waals surface area contributed by atoms with Gasteiger partial charge in [0.25, 0.3) is 0 Å². The lowest BCUT2D eigenvalue weighted by atomic mass is 9.91. The molecule has 1 fully saturated rings. The van der Waals surface area contributed by atoms with Crippen LogP contribution in [0.3, 0.4) is 0 Å². The first-order chi connectivity index (χ1) is 7.11. The third-order valence-electron chi connectivity index (χ3n) is 2.62. The Balaban J connectivity index is 2.26. The molecule has 1 aliphatic carbocycles. The van der Waals surface area contributed by atoms with Crippen LogP contribution >= 0.6 is 0 Å². The zero-order valence-corrected chi connectivity index (χ0v) is 8.86. The van der Waals surface area contributed by atoms with E-state index in [1.165, 1.54) is 6.92 Å². The van der Waals surface area contributed by atoms with Crippen molar-refractivity contribution in [2.24, 2.45) is 5.18 Å². The Bertz CT molecular complexity index is 257. The van der Waals surface area contributed by atoms with Crippen molar-refractivity contribution in [3.05, 3.63) is 4.91 Å². The van der Waals surface area contributed by atoms with Crippen LogP contribution in [-0.4, -0.2) is 23.8 Å². The number of nitroso groups, excluding NO2 is 1. The maximum atomic E-state index is 11.3. The zero-order chi connectivity index (χ0) is 11.3. The average molecular weight is 212 g/mol. The SMILES string of the molecule is CC(=O)CC(=O)N[C@H]1CC[C@H](N=O)CC1. The van der Waals surface area contributed by atoms with Crippen LogP contribution in [0.2, 0.25) is 0 Å².